The first-order valence-corrected chi connectivity index (χ1v) is 6.59. The first-order valence-electron chi connectivity index (χ1n) is 5.80. The second-order valence-corrected chi connectivity index (χ2v) is 5.33. The summed E-state index contributed by atoms with van der Waals surface area (Å²) in [5.74, 6) is 0.485. The van der Waals surface area contributed by atoms with Crippen LogP contribution < -0.4 is 5.73 Å². The smallest absolute Gasteiger partial charge is 0.255 e. The number of nitrogens with zero attached hydrogens (tertiary/aromatic N) is 1. The molecule has 0 fully saturated rings. The number of nitrogen functional groups attached to an aromatic ring is 1. The second-order valence-electron chi connectivity index (χ2n) is 4.48. The highest BCUT2D eigenvalue weighted by Crippen LogP contribution is 2.21. The molecule has 0 aliphatic rings. The van der Waals surface area contributed by atoms with E-state index in [1.807, 2.05) is 17.9 Å². The molecule has 2 N–H and O–H groups in total. The summed E-state index contributed by atoms with van der Waals surface area (Å²) in [7, 11) is 0. The van der Waals surface area contributed by atoms with Gasteiger partial charge in [-0.05, 0) is 47.0 Å². The average molecular weight is 299 g/mol. The van der Waals surface area contributed by atoms with E-state index < -0.39 is 0 Å². The maximum Gasteiger partial charge on any atom is 0.255 e. The zero-order chi connectivity index (χ0) is 13.0. The normalized spacial score (nSPS) is 10.6. The van der Waals surface area contributed by atoms with Crippen molar-refractivity contribution in [3.8, 4) is 0 Å². The molecule has 1 aromatic rings. The molecule has 0 radical (unpaired) electrons. The van der Waals surface area contributed by atoms with Gasteiger partial charge in [0.1, 0.15) is 0 Å². The van der Waals surface area contributed by atoms with Gasteiger partial charge in [-0.2, -0.15) is 0 Å². The van der Waals surface area contributed by atoms with E-state index in [1.54, 1.807) is 12.1 Å². The Hall–Kier alpha value is -1.03. The maximum atomic E-state index is 12.3. The number of halogens is 1. The van der Waals surface area contributed by atoms with E-state index in [0.29, 0.717) is 23.7 Å². The Morgan fingerprint density at radius 1 is 1.47 bits per heavy atom. The molecule has 0 saturated carbocycles. The van der Waals surface area contributed by atoms with Gasteiger partial charge in [-0.25, -0.2) is 0 Å². The average Bonchev–Trinajstić information content (AvgIpc) is 2.28. The Labute approximate surface area is 111 Å². The van der Waals surface area contributed by atoms with Crippen LogP contribution >= 0.6 is 15.9 Å². The maximum absolute atomic E-state index is 12.3. The minimum Gasteiger partial charge on any atom is -0.399 e. The number of carbonyl (C=O) groups excluding carboxylic acids is 1. The van der Waals surface area contributed by atoms with Crippen molar-refractivity contribution in [2.24, 2.45) is 5.92 Å². The number of amides is 1. The summed E-state index contributed by atoms with van der Waals surface area (Å²) in [4.78, 5) is 14.2. The van der Waals surface area contributed by atoms with Gasteiger partial charge < -0.3 is 10.6 Å². The second kappa shape index (κ2) is 6.05. The molecular weight excluding hydrogens is 280 g/mol. The Kier molecular flexibility index (Phi) is 5.00. The fourth-order valence-electron chi connectivity index (χ4n) is 1.67. The molecule has 1 rings (SSSR count). The number of rotatable bonds is 4. The number of hydrogen-bond donors (Lipinski definition) is 1. The van der Waals surface area contributed by atoms with Crippen molar-refractivity contribution in [3.63, 3.8) is 0 Å². The molecule has 1 amide bonds. The molecule has 0 bridgehead atoms. The van der Waals surface area contributed by atoms with Crippen LogP contribution in [0.3, 0.4) is 0 Å². The van der Waals surface area contributed by atoms with Crippen molar-refractivity contribution < 1.29 is 4.79 Å². The van der Waals surface area contributed by atoms with E-state index in [4.69, 9.17) is 5.73 Å². The lowest BCUT2D eigenvalue weighted by molar-refractivity contribution is 0.0745. The van der Waals surface area contributed by atoms with Crippen molar-refractivity contribution in [1.29, 1.82) is 0 Å². The van der Waals surface area contributed by atoms with Crippen LogP contribution in [-0.4, -0.2) is 23.9 Å². The van der Waals surface area contributed by atoms with Gasteiger partial charge in [0.05, 0.1) is 5.56 Å². The van der Waals surface area contributed by atoms with Crippen molar-refractivity contribution in [1.82, 2.24) is 4.90 Å². The molecule has 0 saturated heterocycles. The van der Waals surface area contributed by atoms with Crippen LogP contribution in [0.1, 0.15) is 31.1 Å². The molecular formula is C13H19BrN2O. The van der Waals surface area contributed by atoms with Gasteiger partial charge in [0.2, 0.25) is 0 Å². The summed E-state index contributed by atoms with van der Waals surface area (Å²) in [5.41, 5.74) is 6.96. The van der Waals surface area contributed by atoms with Gasteiger partial charge in [0.15, 0.2) is 0 Å². The summed E-state index contributed by atoms with van der Waals surface area (Å²) in [6.45, 7) is 7.66. The van der Waals surface area contributed by atoms with Gasteiger partial charge in [-0.3, -0.25) is 4.79 Å². The van der Waals surface area contributed by atoms with Gasteiger partial charge in [0.25, 0.3) is 5.91 Å². The molecule has 94 valence electrons. The van der Waals surface area contributed by atoms with Crippen LogP contribution in [0, 0.1) is 5.92 Å². The molecule has 0 unspecified atom stereocenters. The topological polar surface area (TPSA) is 46.3 Å². The SMILES string of the molecule is CCN(CC(C)C)C(=O)c1cc(N)ccc1Br. The first kappa shape index (κ1) is 14.0. The largest absolute Gasteiger partial charge is 0.399 e. The zero-order valence-corrected chi connectivity index (χ0v) is 12.1. The van der Waals surface area contributed by atoms with E-state index in [1.165, 1.54) is 0 Å². The molecule has 0 spiro atoms. The third-order valence-electron chi connectivity index (χ3n) is 2.48. The van der Waals surface area contributed by atoms with Crippen LogP contribution in [0.15, 0.2) is 22.7 Å². The van der Waals surface area contributed by atoms with Crippen LogP contribution in [0.4, 0.5) is 5.69 Å². The Morgan fingerprint density at radius 3 is 2.65 bits per heavy atom. The molecule has 4 heteroatoms. The lowest BCUT2D eigenvalue weighted by Gasteiger charge is -2.23. The van der Waals surface area contributed by atoms with E-state index in [-0.39, 0.29) is 5.91 Å². The summed E-state index contributed by atoms with van der Waals surface area (Å²) in [6.07, 6.45) is 0. The molecule has 3 nitrogen and oxygen atoms in total. The third-order valence-corrected chi connectivity index (χ3v) is 3.17. The van der Waals surface area contributed by atoms with Crippen LogP contribution in [0.25, 0.3) is 0 Å². The molecule has 1 aromatic carbocycles. The van der Waals surface area contributed by atoms with Gasteiger partial charge in [-0.15, -0.1) is 0 Å². The highest BCUT2D eigenvalue weighted by molar-refractivity contribution is 9.10. The Balaban J connectivity index is 2.97. The van der Waals surface area contributed by atoms with E-state index >= 15 is 0 Å². The van der Waals surface area contributed by atoms with Gasteiger partial charge >= 0.3 is 0 Å². The molecule has 0 aliphatic carbocycles. The summed E-state index contributed by atoms with van der Waals surface area (Å²) in [6, 6.07) is 5.31. The fraction of sp³-hybridized carbons (Fsp3) is 0.462. The monoisotopic (exact) mass is 298 g/mol. The van der Waals surface area contributed by atoms with Crippen molar-refractivity contribution in [2.45, 2.75) is 20.8 Å². The number of nitrogens with two attached hydrogens (primary N) is 1. The standard InChI is InChI=1S/C13H19BrN2O/c1-4-16(8-9(2)3)13(17)11-7-10(15)5-6-12(11)14/h5-7,9H,4,8,15H2,1-3H3. The summed E-state index contributed by atoms with van der Waals surface area (Å²) in [5, 5.41) is 0. The lowest BCUT2D eigenvalue weighted by Crippen LogP contribution is -2.34. The first-order chi connectivity index (χ1) is 7.95. The van der Waals surface area contributed by atoms with Crippen LogP contribution in [0.2, 0.25) is 0 Å². The highest BCUT2D eigenvalue weighted by atomic mass is 79.9. The number of hydrogen-bond acceptors (Lipinski definition) is 2. The summed E-state index contributed by atoms with van der Waals surface area (Å²) < 4.78 is 0.791. The zero-order valence-electron chi connectivity index (χ0n) is 10.5. The highest BCUT2D eigenvalue weighted by Gasteiger charge is 2.17. The van der Waals surface area contributed by atoms with E-state index in [9.17, 15) is 4.79 Å². The quantitative estimate of drug-likeness (QED) is 0.868. The Bertz CT molecular complexity index is 404. The minimum atomic E-state index is 0.0281. The number of carbonyl (C=O) groups is 1. The predicted molar refractivity (Wildman–Crippen MR) is 75.0 cm³/mol. The van der Waals surface area contributed by atoms with Crippen molar-refractivity contribution in [2.75, 3.05) is 18.8 Å². The van der Waals surface area contributed by atoms with E-state index in [0.717, 1.165) is 11.0 Å². The Morgan fingerprint density at radius 2 is 2.12 bits per heavy atom. The molecule has 0 aromatic heterocycles. The lowest BCUT2D eigenvalue weighted by atomic mass is 10.1. The molecule has 17 heavy (non-hydrogen) atoms. The number of anilines is 1. The van der Waals surface area contributed by atoms with E-state index in [2.05, 4.69) is 29.8 Å². The fourth-order valence-corrected chi connectivity index (χ4v) is 2.09. The third kappa shape index (κ3) is 3.73. The molecule has 0 heterocycles. The van der Waals surface area contributed by atoms with Crippen molar-refractivity contribution >= 4 is 27.5 Å². The number of benzene rings is 1. The van der Waals surface area contributed by atoms with Crippen molar-refractivity contribution in [3.05, 3.63) is 28.2 Å². The van der Waals surface area contributed by atoms with Crippen LogP contribution in [0.5, 0.6) is 0 Å². The van der Waals surface area contributed by atoms with Gasteiger partial charge in [0, 0.05) is 23.2 Å². The minimum absolute atomic E-state index is 0.0281. The predicted octanol–water partition coefficient (Wildman–Crippen LogP) is 3.15. The van der Waals surface area contributed by atoms with Gasteiger partial charge in [-0.1, -0.05) is 13.8 Å². The molecule has 0 atom stereocenters. The van der Waals surface area contributed by atoms with Crippen LogP contribution in [-0.2, 0) is 0 Å². The summed E-state index contributed by atoms with van der Waals surface area (Å²) >= 11 is 3.39. The molecule has 0 aliphatic heterocycles.